The largest absolute Gasteiger partial charge is 0.384 e. The maximum absolute atomic E-state index is 12.0. The van der Waals surface area contributed by atoms with Gasteiger partial charge in [0.25, 0.3) is 0 Å². The van der Waals surface area contributed by atoms with Crippen LogP contribution in [-0.2, 0) is 9.84 Å². The van der Waals surface area contributed by atoms with Crippen LogP contribution in [0.25, 0.3) is 0 Å². The molecule has 4 heteroatoms. The van der Waals surface area contributed by atoms with Crippen LogP contribution in [0.3, 0.4) is 0 Å². The molecular weight excluding hydrogens is 258 g/mol. The van der Waals surface area contributed by atoms with Crippen LogP contribution in [-0.4, -0.2) is 20.7 Å². The van der Waals surface area contributed by atoms with Crippen LogP contribution in [0.1, 0.15) is 40.0 Å². The molecule has 0 bridgehead atoms. The molecule has 0 atom stereocenters. The van der Waals surface area contributed by atoms with Crippen molar-refractivity contribution in [3.63, 3.8) is 0 Å². The topological polar surface area (TPSA) is 46.2 Å². The molecule has 0 radical (unpaired) electrons. The monoisotopic (exact) mass is 283 g/mol. The summed E-state index contributed by atoms with van der Waals surface area (Å²) < 4.78 is 23.9. The summed E-state index contributed by atoms with van der Waals surface area (Å²) >= 11 is 0. The lowest BCUT2D eigenvalue weighted by atomic mass is 10.1. The van der Waals surface area contributed by atoms with Crippen molar-refractivity contribution in [2.45, 2.75) is 44.9 Å². The predicted molar refractivity (Wildman–Crippen MR) is 81.3 cm³/mol. The van der Waals surface area contributed by atoms with Crippen molar-refractivity contribution >= 4 is 15.5 Å². The van der Waals surface area contributed by atoms with Gasteiger partial charge in [0, 0.05) is 6.54 Å². The first-order chi connectivity index (χ1) is 8.97. The number of benzene rings is 1. The molecule has 0 spiro atoms. The third kappa shape index (κ3) is 5.23. The van der Waals surface area contributed by atoms with E-state index in [0.29, 0.717) is 4.90 Å². The number of para-hydroxylation sites is 1. The Hall–Kier alpha value is -1.03. The average molecular weight is 283 g/mol. The summed E-state index contributed by atoms with van der Waals surface area (Å²) in [5, 5.41) is 3.25. The lowest BCUT2D eigenvalue weighted by Crippen LogP contribution is -2.10. The number of rotatable bonds is 8. The van der Waals surface area contributed by atoms with Gasteiger partial charge in [0.05, 0.1) is 16.3 Å². The Bertz CT molecular complexity index is 481. The van der Waals surface area contributed by atoms with Crippen LogP contribution >= 0.6 is 0 Å². The summed E-state index contributed by atoms with van der Waals surface area (Å²) in [6, 6.07) is 7.15. The van der Waals surface area contributed by atoms with Crippen molar-refractivity contribution in [3.8, 4) is 0 Å². The van der Waals surface area contributed by atoms with E-state index in [4.69, 9.17) is 0 Å². The minimum atomic E-state index is -3.15. The molecule has 0 saturated carbocycles. The zero-order valence-corrected chi connectivity index (χ0v) is 13.0. The van der Waals surface area contributed by atoms with E-state index < -0.39 is 9.84 Å². The van der Waals surface area contributed by atoms with E-state index in [2.05, 4.69) is 19.2 Å². The molecule has 0 fully saturated rings. The van der Waals surface area contributed by atoms with Crippen molar-refractivity contribution in [2.24, 2.45) is 5.92 Å². The summed E-state index contributed by atoms with van der Waals surface area (Å²) in [6.45, 7) is 6.94. The van der Waals surface area contributed by atoms with Gasteiger partial charge in [0.2, 0.25) is 0 Å². The highest BCUT2D eigenvalue weighted by atomic mass is 32.2. The molecule has 0 aromatic heterocycles. The highest BCUT2D eigenvalue weighted by Gasteiger charge is 2.15. The molecule has 1 aromatic rings. The Balaban J connectivity index is 2.59. The summed E-state index contributed by atoms with van der Waals surface area (Å²) in [6.07, 6.45) is 3.46. The van der Waals surface area contributed by atoms with Crippen molar-refractivity contribution in [1.29, 1.82) is 0 Å². The van der Waals surface area contributed by atoms with Crippen LogP contribution in [0, 0.1) is 5.92 Å². The normalized spacial score (nSPS) is 11.8. The van der Waals surface area contributed by atoms with Crippen molar-refractivity contribution < 1.29 is 8.42 Å². The molecule has 1 N–H and O–H groups in total. The van der Waals surface area contributed by atoms with Gasteiger partial charge in [-0.2, -0.15) is 0 Å². The highest BCUT2D eigenvalue weighted by Crippen LogP contribution is 2.22. The second-order valence-electron chi connectivity index (χ2n) is 5.22. The molecule has 0 aliphatic heterocycles. The first kappa shape index (κ1) is 16.0. The van der Waals surface area contributed by atoms with Gasteiger partial charge in [0.1, 0.15) is 0 Å². The molecule has 0 aliphatic carbocycles. The molecule has 0 heterocycles. The van der Waals surface area contributed by atoms with Crippen molar-refractivity contribution in [3.05, 3.63) is 24.3 Å². The first-order valence-electron chi connectivity index (χ1n) is 7.03. The molecule has 0 amide bonds. The summed E-state index contributed by atoms with van der Waals surface area (Å²) in [5.74, 6) is 0.867. The number of sulfone groups is 1. The third-order valence-corrected chi connectivity index (χ3v) is 4.91. The third-order valence-electron chi connectivity index (χ3n) is 3.13. The predicted octanol–water partition coefficient (Wildman–Crippen LogP) is 3.72. The first-order valence-corrected chi connectivity index (χ1v) is 8.68. The minimum Gasteiger partial charge on any atom is -0.384 e. The lowest BCUT2D eigenvalue weighted by Gasteiger charge is -2.12. The van der Waals surface area contributed by atoms with E-state index in [0.717, 1.165) is 24.6 Å². The molecule has 0 aliphatic rings. The molecule has 108 valence electrons. The zero-order valence-electron chi connectivity index (χ0n) is 12.1. The Kier molecular flexibility index (Phi) is 6.35. The standard InChI is InChI=1S/C15H25NO2S/c1-4-19(17,18)15-11-6-5-10-14(15)16-12-8-7-9-13(2)3/h5-6,10-11,13,16H,4,7-9,12H2,1-3H3. The van der Waals surface area contributed by atoms with Crippen LogP contribution < -0.4 is 5.32 Å². The van der Waals surface area contributed by atoms with Gasteiger partial charge in [-0.25, -0.2) is 8.42 Å². The molecule has 0 unspecified atom stereocenters. The van der Waals surface area contributed by atoms with E-state index in [-0.39, 0.29) is 5.75 Å². The van der Waals surface area contributed by atoms with Crippen LogP contribution in [0.2, 0.25) is 0 Å². The second kappa shape index (κ2) is 7.53. The number of anilines is 1. The molecule has 3 nitrogen and oxygen atoms in total. The van der Waals surface area contributed by atoms with E-state index in [9.17, 15) is 8.42 Å². The van der Waals surface area contributed by atoms with Gasteiger partial charge in [-0.1, -0.05) is 45.7 Å². The maximum Gasteiger partial charge on any atom is 0.180 e. The second-order valence-corrected chi connectivity index (χ2v) is 7.46. The van der Waals surface area contributed by atoms with Gasteiger partial charge in [-0.15, -0.1) is 0 Å². The Morgan fingerprint density at radius 1 is 1.16 bits per heavy atom. The van der Waals surface area contributed by atoms with Crippen molar-refractivity contribution in [2.75, 3.05) is 17.6 Å². The summed E-state index contributed by atoms with van der Waals surface area (Å²) in [5.41, 5.74) is 0.730. The molecule has 19 heavy (non-hydrogen) atoms. The zero-order chi connectivity index (χ0) is 14.3. The fourth-order valence-corrected chi connectivity index (χ4v) is 3.01. The number of hydrogen-bond donors (Lipinski definition) is 1. The number of hydrogen-bond acceptors (Lipinski definition) is 3. The highest BCUT2D eigenvalue weighted by molar-refractivity contribution is 7.91. The van der Waals surface area contributed by atoms with Crippen LogP contribution in [0.4, 0.5) is 5.69 Å². The van der Waals surface area contributed by atoms with Gasteiger partial charge < -0.3 is 5.32 Å². The van der Waals surface area contributed by atoms with Gasteiger partial charge >= 0.3 is 0 Å². The van der Waals surface area contributed by atoms with Crippen LogP contribution in [0.15, 0.2) is 29.2 Å². The van der Waals surface area contributed by atoms with Gasteiger partial charge in [0.15, 0.2) is 9.84 Å². The Morgan fingerprint density at radius 3 is 2.47 bits per heavy atom. The smallest absolute Gasteiger partial charge is 0.180 e. The van der Waals surface area contributed by atoms with Gasteiger partial charge in [-0.05, 0) is 24.5 Å². The van der Waals surface area contributed by atoms with E-state index in [1.54, 1.807) is 19.1 Å². The lowest BCUT2D eigenvalue weighted by molar-refractivity contribution is 0.544. The fourth-order valence-electron chi connectivity index (χ4n) is 1.94. The molecule has 1 rings (SSSR count). The minimum absolute atomic E-state index is 0.138. The maximum atomic E-state index is 12.0. The number of nitrogens with one attached hydrogen (secondary N) is 1. The Labute approximate surface area is 117 Å². The summed E-state index contributed by atoms with van der Waals surface area (Å²) in [4.78, 5) is 0.418. The Morgan fingerprint density at radius 2 is 1.84 bits per heavy atom. The van der Waals surface area contributed by atoms with E-state index >= 15 is 0 Å². The fraction of sp³-hybridized carbons (Fsp3) is 0.600. The molecule has 1 aromatic carbocycles. The molecular formula is C15H25NO2S. The van der Waals surface area contributed by atoms with Crippen molar-refractivity contribution in [1.82, 2.24) is 0 Å². The van der Waals surface area contributed by atoms with Gasteiger partial charge in [-0.3, -0.25) is 0 Å². The average Bonchev–Trinajstić information content (AvgIpc) is 2.38. The number of unbranched alkanes of at least 4 members (excludes halogenated alkanes) is 1. The van der Waals surface area contributed by atoms with E-state index in [1.165, 1.54) is 12.8 Å². The SMILES string of the molecule is CCS(=O)(=O)c1ccccc1NCCCCC(C)C. The van der Waals surface area contributed by atoms with Crippen LogP contribution in [0.5, 0.6) is 0 Å². The molecule has 0 saturated heterocycles. The van der Waals surface area contributed by atoms with E-state index in [1.807, 2.05) is 12.1 Å². The summed E-state index contributed by atoms with van der Waals surface area (Å²) in [7, 11) is -3.15. The quantitative estimate of drug-likeness (QED) is 0.740.